The van der Waals surface area contributed by atoms with Gasteiger partial charge in [0.25, 0.3) is 0 Å². The number of fused-ring (bicyclic) bond motifs is 3. The highest BCUT2D eigenvalue weighted by Gasteiger charge is 2.38. The molecule has 0 bridgehead atoms. The number of benzene rings is 5. The number of anilines is 3. The number of aryl methyl sites for hydroxylation is 1. The molecule has 29 nitrogen and oxygen atoms in total. The zero-order chi connectivity index (χ0) is 71.9. The minimum Gasteiger partial charge on any atom is -0.508 e. The van der Waals surface area contributed by atoms with E-state index in [4.69, 9.17) is 69.0 Å². The highest BCUT2D eigenvalue weighted by atomic mass is 33.1. The van der Waals surface area contributed by atoms with Crippen LogP contribution in [0.15, 0.2) is 190 Å². The molecule has 0 amide bonds. The Hall–Kier alpha value is -8.38. The van der Waals surface area contributed by atoms with Crippen molar-refractivity contribution >= 4 is 95.3 Å². The molecule has 0 radical (unpaired) electrons. The molecule has 7 heterocycles. The molecule has 0 saturated carbocycles. The number of phenolic OH excluding ortho intramolecular Hbond substituents is 1. The van der Waals surface area contributed by atoms with E-state index in [0.717, 1.165) is 11.1 Å². The second kappa shape index (κ2) is 36.8. The van der Waals surface area contributed by atoms with Crippen molar-refractivity contribution in [2.24, 2.45) is 0 Å². The number of hydrogen-bond donors (Lipinski definition) is 7. The Balaban J connectivity index is 0.000000197. The number of aromatic nitrogens is 12. The van der Waals surface area contributed by atoms with Gasteiger partial charge in [-0.05, 0) is 69.6 Å². The van der Waals surface area contributed by atoms with Crippen LogP contribution < -0.4 is 26.2 Å². The van der Waals surface area contributed by atoms with Gasteiger partial charge in [0, 0.05) is 15.8 Å². The topological polar surface area (TPSA) is 406 Å². The van der Waals surface area contributed by atoms with E-state index in [1.807, 2.05) is 96.4 Å². The zero-order valence-corrected chi connectivity index (χ0v) is 57.3. The van der Waals surface area contributed by atoms with E-state index in [1.165, 1.54) is 25.3 Å². The monoisotopic (exact) mass is 1430 g/mol. The number of hydrogen-bond acceptors (Lipinski definition) is 25. The summed E-state index contributed by atoms with van der Waals surface area (Å²) >= 11 is 0. The Morgan fingerprint density at radius 2 is 0.928 bits per heavy atom. The summed E-state index contributed by atoms with van der Waals surface area (Å²) in [5.74, 6) is 3.31. The SMILES string of the molecule is C[C@H](Cn1cnc2c(N)ncnc21)OCP(=O)(O)O.C[C@H](Cn1cnc2c(N)ncnc21)OCP(=O)(O)Oc1ccccc1.C[C@H](Cn1cnc2c(N)ncnc21)OCP(=O)(Oc1ccccc1)OC1CSSC[C@H]1OCc1ccccc1.Oc1ccccc1.[2H]Cc1ccccc1.[3H][3H]. The van der Waals surface area contributed by atoms with E-state index in [0.29, 0.717) is 107 Å². The minimum absolute atomic E-state index is 0.230. The standard InChI is InChI=1S/C26H30N5O5PS2.C15H18N5O4P.C9H14N5O4P.C7H8.C6H6O.H2/c1-19(12-31-17-30-24-25(27)28-16-29-26(24)31)34-18-37(32,35-21-10-6-3-7-11-21)36-23-15-39-38-14-22(23)33-13-20-8-4-2-5-9-20;1-11(7-20-9-19-13-14(16)17-8-18-15(13)20)23-10-25(21,22)24-12-5-3-2-4-6-12;1-6(18-5-19(15,16)17)2-14-4-13-7-8(10)11-3-12-9(7)14;1-7-5-3-2-4-6-7;7-6-4-2-1-3-5-6;/h2-11,16-17,19,22-23H,12-15,18H2,1H3,(H2,27,28,29);2-6,8-9,11H,7,10H2,1H3,(H,21,22)(H2,16,17,18);3-4,6H,2,5H2,1H3,(H2,10,11,12)(H2,15,16,17);2-6H,1H3;1-5,7H;1H/t19-,22-,23?,37?;11-;6-;;;/m111.../s1/i;;;1D;;1+2T. The predicted molar refractivity (Wildman–Crippen MR) is 375 cm³/mol. The summed E-state index contributed by atoms with van der Waals surface area (Å²) in [4.78, 5) is 64.1. The van der Waals surface area contributed by atoms with E-state index in [2.05, 4.69) is 44.9 Å². The average Bonchev–Trinajstić information content (AvgIpc) is 1.59. The van der Waals surface area contributed by atoms with E-state index in [9.17, 15) is 18.6 Å². The van der Waals surface area contributed by atoms with Crippen LogP contribution in [0.4, 0.5) is 17.5 Å². The van der Waals surface area contributed by atoms with E-state index in [-0.39, 0.29) is 30.5 Å². The molecule has 10 N–H and O–H groups in total. The first-order valence-electron chi connectivity index (χ1n) is 31.5. The van der Waals surface area contributed by atoms with E-state index >= 15 is 0 Å². The molecule has 7 atom stereocenters. The third kappa shape index (κ3) is 24.6. The molecule has 0 aliphatic carbocycles. The maximum atomic E-state index is 14.1. The van der Waals surface area contributed by atoms with E-state index < -0.39 is 47.7 Å². The smallest absolute Gasteiger partial charge is 0.405 e. The number of imidazole rings is 3. The Morgan fingerprint density at radius 1 is 0.536 bits per heavy atom. The number of nitrogens with zero attached hydrogens (tertiary/aromatic N) is 12. The van der Waals surface area contributed by atoms with Crippen LogP contribution in [0.2, 0.25) is 0 Å². The van der Waals surface area contributed by atoms with Gasteiger partial charge in [-0.1, -0.05) is 142 Å². The summed E-state index contributed by atoms with van der Waals surface area (Å²) in [7, 11) is -8.42. The maximum absolute atomic E-state index is 14.1. The Kier molecular flexibility index (Phi) is 27.1. The van der Waals surface area contributed by atoms with Crippen LogP contribution in [0.25, 0.3) is 33.5 Å². The lowest BCUT2D eigenvalue weighted by molar-refractivity contribution is -0.0192. The highest BCUT2D eigenvalue weighted by molar-refractivity contribution is 8.76. The summed E-state index contributed by atoms with van der Waals surface area (Å²) in [5.41, 5.74) is 22.7. The molecular formula is C63H78N15O14P3S2. The third-order valence-corrected chi connectivity index (χ3v) is 18.8. The maximum Gasteiger partial charge on any atom is 0.405 e. The van der Waals surface area contributed by atoms with Crippen LogP contribution in [0.3, 0.4) is 0 Å². The van der Waals surface area contributed by atoms with Crippen molar-refractivity contribution in [1.29, 1.82) is 0 Å². The molecule has 1 saturated heterocycles. The van der Waals surface area contributed by atoms with Gasteiger partial charge in [-0.3, -0.25) is 9.09 Å². The summed E-state index contributed by atoms with van der Waals surface area (Å²) in [5, 5.41) is 8.63. The molecule has 12 rings (SSSR count). The molecule has 3 unspecified atom stereocenters. The summed E-state index contributed by atoms with van der Waals surface area (Å²) in [6.45, 7) is 7.34. The summed E-state index contributed by atoms with van der Waals surface area (Å²) < 4.78 is 99.3. The number of nitrogen functional groups attached to an aromatic ring is 3. The number of rotatable bonds is 24. The van der Waals surface area contributed by atoms with Gasteiger partial charge in [0.05, 0.1) is 69.6 Å². The first kappa shape index (κ1) is 71.4. The fraction of sp³-hybridized carbons (Fsp3) is 0.286. The fourth-order valence-corrected chi connectivity index (χ4v) is 14.3. The number of aromatic hydroxyl groups is 1. The predicted octanol–water partition coefficient (Wildman–Crippen LogP) is 11.0. The van der Waals surface area contributed by atoms with Crippen LogP contribution in [0.1, 0.15) is 36.2 Å². The van der Waals surface area contributed by atoms with Crippen molar-refractivity contribution in [1.82, 2.24) is 58.6 Å². The lowest BCUT2D eigenvalue weighted by Crippen LogP contribution is -2.38. The molecule has 6 aromatic heterocycles. The van der Waals surface area contributed by atoms with Crippen molar-refractivity contribution in [3.05, 3.63) is 201 Å². The van der Waals surface area contributed by atoms with Gasteiger partial charge in [0.1, 0.15) is 65.2 Å². The van der Waals surface area contributed by atoms with Gasteiger partial charge >= 0.3 is 22.8 Å². The number of phenols is 1. The van der Waals surface area contributed by atoms with Crippen molar-refractivity contribution in [3.8, 4) is 17.2 Å². The molecular weight excluding hydrogens is 1350 g/mol. The zero-order valence-electron chi connectivity index (χ0n) is 56.0. The molecule has 11 aromatic rings. The van der Waals surface area contributed by atoms with Gasteiger partial charge in [0.15, 0.2) is 47.1 Å². The fourth-order valence-electron chi connectivity index (χ4n) is 8.73. The van der Waals surface area contributed by atoms with Crippen molar-refractivity contribution in [2.75, 3.05) is 47.8 Å². The highest BCUT2D eigenvalue weighted by Crippen LogP contribution is 2.52. The molecule has 0 spiro atoms. The van der Waals surface area contributed by atoms with Crippen LogP contribution in [0, 0.1) is 6.90 Å². The average molecular weight is 1430 g/mol. The number of nitrogens with two attached hydrogens (primary N) is 3. The van der Waals surface area contributed by atoms with Crippen LogP contribution in [-0.2, 0) is 63.4 Å². The molecule has 5 aromatic carbocycles. The first-order chi connectivity index (χ1) is 48.1. The molecule has 1 aliphatic rings. The van der Waals surface area contributed by atoms with Gasteiger partial charge in [-0.2, -0.15) is 0 Å². The summed E-state index contributed by atoms with van der Waals surface area (Å²) in [6, 6.07) is 45.9. The summed E-state index contributed by atoms with van der Waals surface area (Å²) in [6.07, 6.45) is 5.78. The molecule has 97 heavy (non-hydrogen) atoms. The van der Waals surface area contributed by atoms with Crippen molar-refractivity contribution in [2.45, 2.75) is 84.4 Å². The lowest BCUT2D eigenvalue weighted by atomic mass is 10.2. The van der Waals surface area contributed by atoms with Gasteiger partial charge in [-0.25, -0.2) is 54.0 Å². The third-order valence-electron chi connectivity index (χ3n) is 13.4. The Morgan fingerprint density at radius 3 is 1.34 bits per heavy atom. The molecule has 1 fully saturated rings. The van der Waals surface area contributed by atoms with Gasteiger partial charge in [0.2, 0.25) is 0 Å². The van der Waals surface area contributed by atoms with Crippen molar-refractivity contribution in [3.63, 3.8) is 0 Å². The largest absolute Gasteiger partial charge is 0.508 e. The molecule has 516 valence electrons. The van der Waals surface area contributed by atoms with Crippen LogP contribution in [0.5, 0.6) is 17.2 Å². The number of ether oxygens (including phenoxy) is 4. The molecule has 1 aliphatic heterocycles. The first-order valence-corrected chi connectivity index (χ1v) is 37.6. The second-order valence-electron chi connectivity index (χ2n) is 21.4. The normalized spacial score (nSPS) is 16.0. The Bertz CT molecular complexity index is 4350. The quantitative estimate of drug-likeness (QED) is 0.0218. The van der Waals surface area contributed by atoms with E-state index in [1.54, 1.807) is 124 Å². The Labute approximate surface area is 571 Å². The van der Waals surface area contributed by atoms with Gasteiger partial charge in [-0.15, -0.1) is 0 Å². The second-order valence-corrected chi connectivity index (χ2v) is 29.1. The van der Waals surface area contributed by atoms with Gasteiger partial charge < -0.3 is 78.7 Å². The van der Waals surface area contributed by atoms with Crippen LogP contribution in [-0.4, -0.2) is 139 Å². The van der Waals surface area contributed by atoms with Crippen molar-refractivity contribution < 1.29 is 70.3 Å². The molecule has 34 heteroatoms. The van der Waals surface area contributed by atoms with Crippen LogP contribution >= 0.6 is 44.4 Å². The lowest BCUT2D eigenvalue weighted by Gasteiger charge is -2.33. The number of para-hydroxylation sites is 3. The minimum atomic E-state index is -4.16.